The van der Waals surface area contributed by atoms with Crippen LogP contribution in [-0.2, 0) is 19.4 Å². The van der Waals surface area contributed by atoms with E-state index < -0.39 is 0 Å². The number of nitrogen functional groups attached to an aromatic ring is 1. The molecule has 0 amide bonds. The summed E-state index contributed by atoms with van der Waals surface area (Å²) < 4.78 is 6.90. The molecule has 2 aromatic rings. The van der Waals surface area contributed by atoms with Crippen LogP contribution >= 0.6 is 0 Å². The monoisotopic (exact) mass is 250 g/mol. The van der Waals surface area contributed by atoms with Crippen LogP contribution in [0.4, 0.5) is 5.82 Å². The molecule has 0 bridgehead atoms. The van der Waals surface area contributed by atoms with Gasteiger partial charge in [-0.1, -0.05) is 30.6 Å². The molecule has 98 valence electrons. The van der Waals surface area contributed by atoms with Crippen LogP contribution in [-0.4, -0.2) is 25.1 Å². The molecule has 2 rings (SSSR count). The highest BCUT2D eigenvalue weighted by molar-refractivity contribution is 5.33. The van der Waals surface area contributed by atoms with E-state index in [0.717, 1.165) is 37.2 Å². The van der Waals surface area contributed by atoms with E-state index in [9.17, 15) is 0 Å². The van der Waals surface area contributed by atoms with Crippen LogP contribution in [0.25, 0.3) is 0 Å². The van der Waals surface area contributed by atoms with Gasteiger partial charge in [-0.05, 0) is 12.8 Å². The third-order valence-corrected chi connectivity index (χ3v) is 2.62. The van der Waals surface area contributed by atoms with Crippen LogP contribution in [0.1, 0.15) is 44.1 Å². The summed E-state index contributed by atoms with van der Waals surface area (Å²) in [6, 6.07) is 0. The van der Waals surface area contributed by atoms with Gasteiger partial charge in [0.25, 0.3) is 0 Å². The van der Waals surface area contributed by atoms with Crippen molar-refractivity contribution in [1.29, 1.82) is 0 Å². The molecule has 2 N–H and O–H groups in total. The van der Waals surface area contributed by atoms with Gasteiger partial charge >= 0.3 is 0 Å². The molecular formula is C11H18N6O. The quantitative estimate of drug-likeness (QED) is 0.827. The molecule has 0 spiro atoms. The average Bonchev–Trinajstić information content (AvgIpc) is 2.92. The zero-order valence-electron chi connectivity index (χ0n) is 10.8. The fourth-order valence-corrected chi connectivity index (χ4v) is 1.77. The zero-order chi connectivity index (χ0) is 13.0. The van der Waals surface area contributed by atoms with Crippen molar-refractivity contribution >= 4 is 5.82 Å². The Labute approximate surface area is 105 Å². The van der Waals surface area contributed by atoms with Gasteiger partial charge in [0.2, 0.25) is 5.89 Å². The summed E-state index contributed by atoms with van der Waals surface area (Å²) >= 11 is 0. The third-order valence-electron chi connectivity index (χ3n) is 2.62. The topological polar surface area (TPSA) is 95.7 Å². The Kier molecular flexibility index (Phi) is 3.91. The van der Waals surface area contributed by atoms with Crippen molar-refractivity contribution in [1.82, 2.24) is 25.1 Å². The Balaban J connectivity index is 2.12. The molecule has 0 unspecified atom stereocenters. The van der Waals surface area contributed by atoms with Crippen LogP contribution in [0, 0.1) is 0 Å². The van der Waals surface area contributed by atoms with Crippen LogP contribution < -0.4 is 5.73 Å². The van der Waals surface area contributed by atoms with Crippen molar-refractivity contribution in [3.63, 3.8) is 0 Å². The number of aryl methyl sites for hydroxylation is 1. The van der Waals surface area contributed by atoms with E-state index >= 15 is 0 Å². The lowest BCUT2D eigenvalue weighted by Crippen LogP contribution is -2.07. The van der Waals surface area contributed by atoms with Crippen LogP contribution in [0.2, 0.25) is 0 Å². The Morgan fingerprint density at radius 3 is 2.72 bits per heavy atom. The maximum absolute atomic E-state index is 5.77. The lowest BCUT2D eigenvalue weighted by molar-refractivity contribution is 0.357. The van der Waals surface area contributed by atoms with Gasteiger partial charge in [-0.15, -0.1) is 5.10 Å². The molecule has 0 aliphatic rings. The minimum absolute atomic E-state index is 0.427. The molecular weight excluding hydrogens is 232 g/mol. The molecule has 0 aliphatic heterocycles. The van der Waals surface area contributed by atoms with Crippen molar-refractivity contribution in [3.05, 3.63) is 17.4 Å². The molecule has 0 atom stereocenters. The van der Waals surface area contributed by atoms with Gasteiger partial charge in [-0.25, -0.2) is 4.68 Å². The molecule has 2 heterocycles. The number of rotatable bonds is 6. The van der Waals surface area contributed by atoms with E-state index in [-0.39, 0.29) is 0 Å². The molecule has 0 aromatic carbocycles. The maximum Gasteiger partial charge on any atom is 0.248 e. The van der Waals surface area contributed by atoms with Gasteiger partial charge in [0, 0.05) is 6.42 Å². The van der Waals surface area contributed by atoms with E-state index in [1.807, 2.05) is 0 Å². The van der Waals surface area contributed by atoms with E-state index in [2.05, 4.69) is 34.3 Å². The lowest BCUT2D eigenvalue weighted by Gasteiger charge is -2.02. The second-order valence-corrected chi connectivity index (χ2v) is 4.18. The van der Waals surface area contributed by atoms with E-state index in [1.165, 1.54) is 0 Å². The maximum atomic E-state index is 5.77. The summed E-state index contributed by atoms with van der Waals surface area (Å²) in [7, 11) is 0. The second-order valence-electron chi connectivity index (χ2n) is 4.18. The number of anilines is 1. The molecule has 2 aromatic heterocycles. The van der Waals surface area contributed by atoms with Crippen LogP contribution in [0.15, 0.2) is 4.52 Å². The van der Waals surface area contributed by atoms with Gasteiger partial charge in [-0.2, -0.15) is 4.98 Å². The second kappa shape index (κ2) is 5.61. The van der Waals surface area contributed by atoms with E-state index in [0.29, 0.717) is 18.3 Å². The van der Waals surface area contributed by atoms with E-state index in [1.54, 1.807) is 4.68 Å². The lowest BCUT2D eigenvalue weighted by atomic mass is 10.2. The van der Waals surface area contributed by atoms with Crippen LogP contribution in [0.3, 0.4) is 0 Å². The fourth-order valence-electron chi connectivity index (χ4n) is 1.77. The minimum Gasteiger partial charge on any atom is -0.381 e. The highest BCUT2D eigenvalue weighted by atomic mass is 16.5. The molecule has 0 radical (unpaired) electrons. The van der Waals surface area contributed by atoms with Crippen molar-refractivity contribution in [2.45, 2.75) is 46.1 Å². The number of nitrogens with two attached hydrogens (primary N) is 1. The summed E-state index contributed by atoms with van der Waals surface area (Å²) in [5.74, 6) is 1.75. The first-order valence-electron chi connectivity index (χ1n) is 6.23. The van der Waals surface area contributed by atoms with Gasteiger partial charge in [-0.3, -0.25) is 0 Å². The molecule has 0 fully saturated rings. The number of aromatic nitrogens is 5. The van der Waals surface area contributed by atoms with Crippen molar-refractivity contribution in [2.75, 3.05) is 5.73 Å². The fraction of sp³-hybridized carbons (Fsp3) is 0.636. The van der Waals surface area contributed by atoms with Crippen molar-refractivity contribution in [2.24, 2.45) is 0 Å². The molecule has 0 saturated carbocycles. The summed E-state index contributed by atoms with van der Waals surface area (Å²) in [6.45, 7) is 4.59. The Morgan fingerprint density at radius 1 is 1.22 bits per heavy atom. The highest BCUT2D eigenvalue weighted by Gasteiger charge is 2.13. The third kappa shape index (κ3) is 2.66. The standard InChI is InChI=1S/C11H18N6O/c1-3-5-8-11(12)14-16-17(8)7-10-13-9(6-4-2)15-18-10/h3-7,12H2,1-2H3. The smallest absolute Gasteiger partial charge is 0.248 e. The van der Waals surface area contributed by atoms with E-state index in [4.69, 9.17) is 10.3 Å². The molecule has 18 heavy (non-hydrogen) atoms. The molecule has 7 nitrogen and oxygen atoms in total. The van der Waals surface area contributed by atoms with Gasteiger partial charge in [0.05, 0.1) is 5.69 Å². The first-order chi connectivity index (χ1) is 8.74. The first kappa shape index (κ1) is 12.5. The normalized spacial score (nSPS) is 11.0. The van der Waals surface area contributed by atoms with Gasteiger partial charge in [0.15, 0.2) is 11.6 Å². The zero-order valence-corrected chi connectivity index (χ0v) is 10.8. The first-order valence-corrected chi connectivity index (χ1v) is 6.23. The van der Waals surface area contributed by atoms with Gasteiger partial charge in [0.1, 0.15) is 6.54 Å². The number of nitrogens with zero attached hydrogens (tertiary/aromatic N) is 5. The Hall–Kier alpha value is -1.92. The summed E-state index contributed by atoms with van der Waals surface area (Å²) in [6.07, 6.45) is 3.65. The minimum atomic E-state index is 0.427. The van der Waals surface area contributed by atoms with Crippen LogP contribution in [0.5, 0.6) is 0 Å². The molecule has 7 heteroatoms. The highest BCUT2D eigenvalue weighted by Crippen LogP contribution is 2.12. The Morgan fingerprint density at radius 2 is 2.00 bits per heavy atom. The summed E-state index contributed by atoms with van der Waals surface area (Å²) in [4.78, 5) is 4.30. The Bertz CT molecular complexity index is 503. The molecule has 0 saturated heterocycles. The predicted octanol–water partition coefficient (Wildman–Crippen LogP) is 1.20. The largest absolute Gasteiger partial charge is 0.381 e. The summed E-state index contributed by atoms with van der Waals surface area (Å²) in [5.41, 5.74) is 6.70. The SMILES string of the molecule is CCCc1noc(Cn2nnc(N)c2CCC)n1. The van der Waals surface area contributed by atoms with Gasteiger partial charge < -0.3 is 10.3 Å². The predicted molar refractivity (Wildman–Crippen MR) is 65.8 cm³/mol. The summed E-state index contributed by atoms with van der Waals surface area (Å²) in [5, 5.41) is 11.8. The average molecular weight is 250 g/mol. The number of hydrogen-bond donors (Lipinski definition) is 1. The van der Waals surface area contributed by atoms with Crippen molar-refractivity contribution in [3.8, 4) is 0 Å². The van der Waals surface area contributed by atoms with Crippen molar-refractivity contribution < 1.29 is 4.52 Å². The number of hydrogen-bond acceptors (Lipinski definition) is 6. The molecule has 0 aliphatic carbocycles.